The molecule has 1 aliphatic heterocycles. The van der Waals surface area contributed by atoms with Crippen LogP contribution in [0.4, 0.5) is 10.1 Å². The van der Waals surface area contributed by atoms with E-state index in [9.17, 15) is 14.0 Å². The molecule has 1 amide bonds. The second-order valence-corrected chi connectivity index (χ2v) is 4.23. The van der Waals surface area contributed by atoms with Gasteiger partial charge in [0.05, 0.1) is 12.7 Å². The molecule has 0 radical (unpaired) electrons. The van der Waals surface area contributed by atoms with Gasteiger partial charge in [-0.3, -0.25) is 4.79 Å². The minimum atomic E-state index is -0.752. The van der Waals surface area contributed by atoms with Crippen molar-refractivity contribution < 1.29 is 18.7 Å². The number of ether oxygens (including phenoxy) is 1. The number of benzene rings is 1. The molecule has 1 fully saturated rings. The van der Waals surface area contributed by atoms with E-state index >= 15 is 0 Å². The van der Waals surface area contributed by atoms with Crippen LogP contribution in [-0.4, -0.2) is 25.5 Å². The third-order valence-electron chi connectivity index (χ3n) is 3.03. The van der Waals surface area contributed by atoms with E-state index in [0.29, 0.717) is 12.2 Å². The Kier molecular flexibility index (Phi) is 3.52. The molecule has 0 bridgehead atoms. The largest absolute Gasteiger partial charge is 0.465 e. The Bertz CT molecular complexity index is 577. The predicted octanol–water partition coefficient (Wildman–Crippen LogP) is 1.60. The highest BCUT2D eigenvalue weighted by Crippen LogP contribution is 2.26. The maximum atomic E-state index is 13.8. The fourth-order valence-electron chi connectivity index (χ4n) is 2.02. The lowest BCUT2D eigenvalue weighted by Crippen LogP contribution is -2.24. The molecule has 1 aromatic rings. The number of carbonyl (C=O) groups excluding carboxylic acids is 2. The summed E-state index contributed by atoms with van der Waals surface area (Å²) in [6.07, 6.45) is 5.54. The van der Waals surface area contributed by atoms with Gasteiger partial charge in [0.25, 0.3) is 0 Å². The Labute approximate surface area is 110 Å². The summed E-state index contributed by atoms with van der Waals surface area (Å²) in [6.45, 7) is 0.367. The van der Waals surface area contributed by atoms with Gasteiger partial charge < -0.3 is 9.64 Å². The molecule has 19 heavy (non-hydrogen) atoms. The van der Waals surface area contributed by atoms with Crippen molar-refractivity contribution in [1.29, 1.82) is 0 Å². The fraction of sp³-hybridized carbons (Fsp3) is 0.286. The smallest absolute Gasteiger partial charge is 0.340 e. The summed E-state index contributed by atoms with van der Waals surface area (Å²) < 4.78 is 18.2. The van der Waals surface area contributed by atoms with Crippen molar-refractivity contribution in [3.05, 3.63) is 29.6 Å². The standard InChI is InChI=1S/C14H12FNO3/c1-3-9-6-13(17)16(8-9)10-4-5-11(12(15)7-10)14(18)19-2/h1,4-5,7,9H,6,8H2,2H3. The van der Waals surface area contributed by atoms with Gasteiger partial charge in [-0.25, -0.2) is 9.18 Å². The third-order valence-corrected chi connectivity index (χ3v) is 3.03. The molecule has 1 atom stereocenters. The highest BCUT2D eigenvalue weighted by Gasteiger charge is 2.30. The van der Waals surface area contributed by atoms with Gasteiger partial charge in [0, 0.05) is 24.6 Å². The van der Waals surface area contributed by atoms with Gasteiger partial charge in [0.2, 0.25) is 5.91 Å². The zero-order chi connectivity index (χ0) is 14.0. The first-order chi connectivity index (χ1) is 9.06. The second kappa shape index (κ2) is 5.11. The van der Waals surface area contributed by atoms with E-state index < -0.39 is 11.8 Å². The lowest BCUT2D eigenvalue weighted by Gasteiger charge is -2.16. The van der Waals surface area contributed by atoms with Crippen molar-refractivity contribution in [2.24, 2.45) is 5.92 Å². The zero-order valence-corrected chi connectivity index (χ0v) is 10.4. The van der Waals surface area contributed by atoms with Crippen molar-refractivity contribution in [3.8, 4) is 12.3 Å². The number of terminal acetylenes is 1. The van der Waals surface area contributed by atoms with Crippen LogP contribution in [0.1, 0.15) is 16.8 Å². The van der Waals surface area contributed by atoms with E-state index in [1.54, 1.807) is 0 Å². The molecule has 1 heterocycles. The van der Waals surface area contributed by atoms with E-state index in [0.717, 1.165) is 6.07 Å². The van der Waals surface area contributed by atoms with Crippen LogP contribution in [0, 0.1) is 24.1 Å². The Hall–Kier alpha value is -2.35. The zero-order valence-electron chi connectivity index (χ0n) is 10.4. The molecule has 0 saturated carbocycles. The maximum Gasteiger partial charge on any atom is 0.340 e. The van der Waals surface area contributed by atoms with Crippen molar-refractivity contribution in [2.45, 2.75) is 6.42 Å². The van der Waals surface area contributed by atoms with E-state index in [4.69, 9.17) is 6.42 Å². The third kappa shape index (κ3) is 2.43. The predicted molar refractivity (Wildman–Crippen MR) is 67.0 cm³/mol. The lowest BCUT2D eigenvalue weighted by molar-refractivity contribution is -0.117. The van der Waals surface area contributed by atoms with Crippen molar-refractivity contribution >= 4 is 17.6 Å². The first kappa shape index (κ1) is 13.1. The van der Waals surface area contributed by atoms with Crippen molar-refractivity contribution in [2.75, 3.05) is 18.6 Å². The summed E-state index contributed by atoms with van der Waals surface area (Å²) in [5.74, 6) is 0.743. The molecule has 4 nitrogen and oxygen atoms in total. The topological polar surface area (TPSA) is 46.6 Å². The lowest BCUT2D eigenvalue weighted by atomic mass is 10.1. The minimum Gasteiger partial charge on any atom is -0.465 e. The normalized spacial score (nSPS) is 18.3. The second-order valence-electron chi connectivity index (χ2n) is 4.23. The van der Waals surface area contributed by atoms with Crippen molar-refractivity contribution in [3.63, 3.8) is 0 Å². The summed E-state index contributed by atoms with van der Waals surface area (Å²) in [5.41, 5.74) is 0.235. The summed E-state index contributed by atoms with van der Waals surface area (Å²) in [6, 6.07) is 3.95. The molecule has 2 rings (SSSR count). The van der Waals surface area contributed by atoms with Crippen LogP contribution in [0.5, 0.6) is 0 Å². The number of nitrogens with zero attached hydrogens (tertiary/aromatic N) is 1. The number of methoxy groups -OCH3 is 1. The number of carbonyl (C=O) groups is 2. The van der Waals surface area contributed by atoms with Crippen molar-refractivity contribution in [1.82, 2.24) is 0 Å². The molecule has 1 unspecified atom stereocenters. The van der Waals surface area contributed by atoms with Crippen LogP contribution in [0.3, 0.4) is 0 Å². The van der Waals surface area contributed by atoms with Crippen LogP contribution in [0.15, 0.2) is 18.2 Å². The number of halogens is 1. The molecule has 0 aromatic heterocycles. The molecular formula is C14H12FNO3. The van der Waals surface area contributed by atoms with E-state index in [1.165, 1.54) is 24.1 Å². The maximum absolute atomic E-state index is 13.8. The van der Waals surface area contributed by atoms with Crippen LogP contribution >= 0.6 is 0 Å². The number of hydrogen-bond acceptors (Lipinski definition) is 3. The first-order valence-electron chi connectivity index (χ1n) is 5.71. The number of hydrogen-bond donors (Lipinski definition) is 0. The Morgan fingerprint density at radius 3 is 2.84 bits per heavy atom. The molecule has 1 saturated heterocycles. The van der Waals surface area contributed by atoms with Gasteiger partial charge >= 0.3 is 5.97 Å². The van der Waals surface area contributed by atoms with Gasteiger partial charge in [-0.05, 0) is 18.2 Å². The summed E-state index contributed by atoms with van der Waals surface area (Å²) in [5, 5.41) is 0. The van der Waals surface area contributed by atoms with Gasteiger partial charge in [0.1, 0.15) is 5.82 Å². The number of esters is 1. The fourth-order valence-corrected chi connectivity index (χ4v) is 2.02. The average Bonchev–Trinajstić information content (AvgIpc) is 2.79. The van der Waals surface area contributed by atoms with E-state index in [2.05, 4.69) is 10.7 Å². The first-order valence-corrected chi connectivity index (χ1v) is 5.71. The van der Waals surface area contributed by atoms with E-state index in [1.807, 2.05) is 0 Å². The van der Waals surface area contributed by atoms with Gasteiger partial charge in [-0.1, -0.05) is 0 Å². The Balaban J connectivity index is 2.28. The monoisotopic (exact) mass is 261 g/mol. The average molecular weight is 261 g/mol. The molecule has 98 valence electrons. The molecule has 0 N–H and O–H groups in total. The van der Waals surface area contributed by atoms with Crippen LogP contribution < -0.4 is 4.90 Å². The number of anilines is 1. The summed E-state index contributed by atoms with van der Waals surface area (Å²) in [7, 11) is 1.18. The van der Waals surface area contributed by atoms with Crippen LogP contribution in [0.2, 0.25) is 0 Å². The number of rotatable bonds is 2. The Morgan fingerprint density at radius 1 is 1.58 bits per heavy atom. The summed E-state index contributed by atoms with van der Waals surface area (Å²) in [4.78, 5) is 24.4. The van der Waals surface area contributed by atoms with Crippen LogP contribution in [-0.2, 0) is 9.53 Å². The summed E-state index contributed by atoms with van der Waals surface area (Å²) >= 11 is 0. The quantitative estimate of drug-likeness (QED) is 0.600. The SMILES string of the molecule is C#CC1CC(=O)N(c2ccc(C(=O)OC)c(F)c2)C1. The Morgan fingerprint density at radius 2 is 2.32 bits per heavy atom. The number of amides is 1. The molecule has 0 spiro atoms. The molecule has 1 aliphatic rings. The molecule has 0 aliphatic carbocycles. The highest BCUT2D eigenvalue weighted by molar-refractivity contribution is 5.97. The van der Waals surface area contributed by atoms with Gasteiger partial charge in [-0.15, -0.1) is 12.3 Å². The minimum absolute atomic E-state index is 0.145. The molecule has 1 aromatic carbocycles. The van der Waals surface area contributed by atoms with E-state index in [-0.39, 0.29) is 23.8 Å². The van der Waals surface area contributed by atoms with Crippen LogP contribution in [0.25, 0.3) is 0 Å². The molecular weight excluding hydrogens is 249 g/mol. The van der Waals surface area contributed by atoms with Gasteiger partial charge in [0.15, 0.2) is 0 Å². The molecule has 5 heteroatoms. The highest BCUT2D eigenvalue weighted by atomic mass is 19.1. The van der Waals surface area contributed by atoms with Gasteiger partial charge in [-0.2, -0.15) is 0 Å².